The molecule has 1 saturated carbocycles. The number of carbonyl (C=O) groups excluding carboxylic acids is 3. The SMILES string of the molecule is C=C1CCN(c2cc(OCC(=O)N3CCC(OC4CCN(CC(=O)NC5CCCCC5)CC4)CC3)ccc2C)C(=O)N1.COC(C)C.C[C@H](N)C1C=CC(O)C(F)C1c1cc(C(CN)c2ccccc2)ccc1Cl. The molecular weight excluding hydrogens is 961 g/mol. The number of ether oxygens (including phenoxy) is 3. The molecule has 3 aromatic rings. The number of likely N-dealkylation sites (tertiary alicyclic amines) is 2. The Balaban J connectivity index is 0.000000238. The van der Waals surface area contributed by atoms with Gasteiger partial charge in [-0.3, -0.25) is 19.4 Å². The molecular formula is C58H83ClFN7O7. The fraction of sp³-hybridized carbons (Fsp3) is 0.569. The number of hydrogen-bond acceptors (Lipinski definition) is 10. The maximum atomic E-state index is 15.0. The second kappa shape index (κ2) is 28.9. The van der Waals surface area contributed by atoms with E-state index in [2.05, 4.69) is 22.1 Å². The van der Waals surface area contributed by atoms with E-state index in [9.17, 15) is 19.5 Å². The number of nitrogens with two attached hydrogens (primary N) is 2. The van der Waals surface area contributed by atoms with Gasteiger partial charge in [-0.05, 0) is 101 Å². The number of carbonyl (C=O) groups is 3. The lowest BCUT2D eigenvalue weighted by Gasteiger charge is -2.37. The average Bonchev–Trinajstić information content (AvgIpc) is 3.39. The molecule has 14 nitrogen and oxygen atoms in total. The predicted octanol–water partition coefficient (Wildman–Crippen LogP) is 8.52. The zero-order valence-corrected chi connectivity index (χ0v) is 45.1. The van der Waals surface area contributed by atoms with Gasteiger partial charge in [-0.2, -0.15) is 0 Å². The van der Waals surface area contributed by atoms with Gasteiger partial charge in [-0.15, -0.1) is 0 Å². The van der Waals surface area contributed by atoms with Crippen molar-refractivity contribution in [2.75, 3.05) is 64.4 Å². The van der Waals surface area contributed by atoms with E-state index in [-0.39, 0.29) is 54.5 Å². The van der Waals surface area contributed by atoms with Crippen LogP contribution >= 0.6 is 11.6 Å². The minimum absolute atomic E-state index is 0.0157. The Labute approximate surface area is 444 Å². The summed E-state index contributed by atoms with van der Waals surface area (Å²) in [5.41, 5.74) is 17.3. The van der Waals surface area contributed by atoms with Crippen LogP contribution in [0.25, 0.3) is 0 Å². The molecule has 4 amide bonds. The van der Waals surface area contributed by atoms with E-state index in [4.69, 9.17) is 37.3 Å². The Morgan fingerprint density at radius 2 is 1.57 bits per heavy atom. The van der Waals surface area contributed by atoms with Gasteiger partial charge in [-0.1, -0.05) is 98.1 Å². The van der Waals surface area contributed by atoms with Crippen LogP contribution in [0.15, 0.2) is 91.2 Å². The van der Waals surface area contributed by atoms with Gasteiger partial charge in [0.2, 0.25) is 5.91 Å². The zero-order chi connectivity index (χ0) is 53.3. The second-order valence-corrected chi connectivity index (χ2v) is 21.2. The van der Waals surface area contributed by atoms with Crippen LogP contribution in [0.3, 0.4) is 0 Å². The highest BCUT2D eigenvalue weighted by Crippen LogP contribution is 2.42. The van der Waals surface area contributed by atoms with Crippen LogP contribution < -0.4 is 31.7 Å². The molecule has 7 N–H and O–H groups in total. The number of urea groups is 1. The molecule has 6 atom stereocenters. The van der Waals surface area contributed by atoms with Crippen molar-refractivity contribution in [1.29, 1.82) is 0 Å². The molecule has 3 heterocycles. The Morgan fingerprint density at radius 1 is 0.905 bits per heavy atom. The molecule has 0 spiro atoms. The molecule has 5 unspecified atom stereocenters. The van der Waals surface area contributed by atoms with E-state index in [0.717, 1.165) is 79.7 Å². The van der Waals surface area contributed by atoms with E-state index < -0.39 is 18.2 Å². The molecule has 0 aromatic heterocycles. The number of halogens is 2. The van der Waals surface area contributed by atoms with Crippen molar-refractivity contribution < 1.29 is 38.1 Å². The quantitative estimate of drug-likeness (QED) is 0.0925. The van der Waals surface area contributed by atoms with Crippen LogP contribution in [0, 0.1) is 12.8 Å². The van der Waals surface area contributed by atoms with Gasteiger partial charge in [0, 0.05) is 99.4 Å². The number of anilines is 1. The molecule has 0 bridgehead atoms. The number of hydrogen-bond donors (Lipinski definition) is 5. The van der Waals surface area contributed by atoms with E-state index >= 15 is 4.39 Å². The molecule has 406 valence electrons. The van der Waals surface area contributed by atoms with Crippen LogP contribution in [0.4, 0.5) is 14.9 Å². The largest absolute Gasteiger partial charge is 0.484 e. The fourth-order valence-electron chi connectivity index (χ4n) is 10.5. The summed E-state index contributed by atoms with van der Waals surface area (Å²) in [5.74, 6) is -0.181. The Kier molecular flexibility index (Phi) is 22.8. The standard InChI is InChI=1S/C32H47N5O5.C22H26ClFN2O.C4H10O/c1-23-8-9-28(20-29(23)37-19-10-24(2)33-32(37)40)41-22-31(39)36-17-13-27(14-18-36)42-26-11-15-35(16-12-26)21-30(38)34-25-6-4-3-5-7-25;1-13(26)16-8-10-20(27)22(24)21(16)17-11-15(7-9-19(17)23)18(12-25)14-5-3-2-4-6-14;1-4(2)5-3/h8-9,20,25-27H,2-7,10-19,21-22H2,1H3,(H,33,40)(H,34,38);2-11,13,16,18,20-22,27H,12,25-26H2,1H3;4H,1-3H3/t;13-,16?,18?,20?,21?,22?;/m.0./s1. The normalized spacial score (nSPS) is 23.0. The van der Waals surface area contributed by atoms with E-state index in [0.29, 0.717) is 67.6 Å². The number of aliphatic hydroxyl groups excluding tert-OH is 1. The van der Waals surface area contributed by atoms with Crippen molar-refractivity contribution in [2.24, 2.45) is 17.4 Å². The molecule has 3 aromatic carbocycles. The number of aliphatic hydroxyl groups is 1. The lowest BCUT2D eigenvalue weighted by atomic mass is 9.73. The maximum Gasteiger partial charge on any atom is 0.326 e. The Morgan fingerprint density at radius 3 is 2.19 bits per heavy atom. The number of nitrogens with one attached hydrogen (secondary N) is 2. The molecule has 5 aliphatic rings. The van der Waals surface area contributed by atoms with Crippen molar-refractivity contribution in [3.8, 4) is 5.75 Å². The average molecular weight is 1040 g/mol. The molecule has 4 fully saturated rings. The van der Waals surface area contributed by atoms with Crippen LogP contribution in [-0.4, -0.2) is 135 Å². The van der Waals surface area contributed by atoms with Crippen molar-refractivity contribution in [3.63, 3.8) is 0 Å². The van der Waals surface area contributed by atoms with Crippen molar-refractivity contribution >= 4 is 35.1 Å². The molecule has 3 aliphatic heterocycles. The number of aryl methyl sites for hydroxylation is 1. The minimum atomic E-state index is -1.47. The number of amides is 4. The van der Waals surface area contributed by atoms with Gasteiger partial charge < -0.3 is 46.3 Å². The summed E-state index contributed by atoms with van der Waals surface area (Å²) in [4.78, 5) is 43.6. The number of alkyl halides is 1. The first-order chi connectivity index (χ1) is 35.5. The summed E-state index contributed by atoms with van der Waals surface area (Å²) >= 11 is 6.46. The summed E-state index contributed by atoms with van der Waals surface area (Å²) in [5, 5.41) is 16.5. The minimum Gasteiger partial charge on any atom is -0.484 e. The van der Waals surface area contributed by atoms with Gasteiger partial charge in [0.1, 0.15) is 18.0 Å². The first kappa shape index (κ1) is 58.4. The van der Waals surface area contributed by atoms with Gasteiger partial charge in [0.15, 0.2) is 6.61 Å². The molecule has 3 saturated heterocycles. The van der Waals surface area contributed by atoms with Crippen LogP contribution in [0.1, 0.15) is 119 Å². The number of piperidine rings is 2. The van der Waals surface area contributed by atoms with Crippen molar-refractivity contribution in [3.05, 3.63) is 118 Å². The van der Waals surface area contributed by atoms with Crippen molar-refractivity contribution in [1.82, 2.24) is 20.4 Å². The summed E-state index contributed by atoms with van der Waals surface area (Å²) < 4.78 is 32.0. The van der Waals surface area contributed by atoms with Crippen LogP contribution in [0.2, 0.25) is 5.02 Å². The van der Waals surface area contributed by atoms with Gasteiger partial charge >= 0.3 is 6.03 Å². The Hall–Kier alpha value is -4.87. The molecule has 2 aliphatic carbocycles. The lowest BCUT2D eigenvalue weighted by molar-refractivity contribution is -0.137. The third-order valence-corrected chi connectivity index (χ3v) is 15.3. The number of rotatable bonds is 15. The predicted molar refractivity (Wildman–Crippen MR) is 292 cm³/mol. The van der Waals surface area contributed by atoms with Gasteiger partial charge in [0.05, 0.1) is 30.5 Å². The first-order valence-electron chi connectivity index (χ1n) is 26.8. The number of methoxy groups -OCH3 is 1. The molecule has 8 rings (SSSR count). The molecule has 0 radical (unpaired) electrons. The third kappa shape index (κ3) is 16.8. The maximum absolute atomic E-state index is 15.0. The number of benzene rings is 3. The summed E-state index contributed by atoms with van der Waals surface area (Å²) in [6.45, 7) is 16.1. The molecule has 16 heteroatoms. The van der Waals surface area contributed by atoms with Crippen molar-refractivity contribution in [2.45, 2.75) is 146 Å². The zero-order valence-electron chi connectivity index (χ0n) is 44.4. The fourth-order valence-corrected chi connectivity index (χ4v) is 10.7. The first-order valence-corrected chi connectivity index (χ1v) is 27.2. The van der Waals surface area contributed by atoms with E-state index in [1.807, 2.05) is 93.3 Å². The highest BCUT2D eigenvalue weighted by molar-refractivity contribution is 6.31. The topological polar surface area (TPSA) is 185 Å². The summed E-state index contributed by atoms with van der Waals surface area (Å²) in [6.07, 6.45) is 11.6. The second-order valence-electron chi connectivity index (χ2n) is 20.8. The smallest absolute Gasteiger partial charge is 0.326 e. The number of nitrogens with zero attached hydrogens (tertiary/aromatic N) is 3. The summed E-state index contributed by atoms with van der Waals surface area (Å²) in [6, 6.07) is 21.1. The third-order valence-electron chi connectivity index (χ3n) is 15.0. The summed E-state index contributed by atoms with van der Waals surface area (Å²) in [7, 11) is 1.70. The van der Waals surface area contributed by atoms with Crippen LogP contribution in [0.5, 0.6) is 5.75 Å². The molecule has 74 heavy (non-hydrogen) atoms. The van der Waals surface area contributed by atoms with E-state index in [1.54, 1.807) is 24.2 Å². The van der Waals surface area contributed by atoms with Gasteiger partial charge in [0.25, 0.3) is 5.91 Å². The van der Waals surface area contributed by atoms with E-state index in [1.165, 1.54) is 25.3 Å². The monoisotopic (exact) mass is 1040 g/mol. The highest BCUT2D eigenvalue weighted by atomic mass is 35.5. The highest BCUT2D eigenvalue weighted by Gasteiger charge is 2.40. The van der Waals surface area contributed by atoms with Gasteiger partial charge in [-0.25, -0.2) is 9.18 Å². The lowest BCUT2D eigenvalue weighted by Crippen LogP contribution is -2.47. The van der Waals surface area contributed by atoms with Crippen LogP contribution in [-0.2, 0) is 19.1 Å². The Bertz CT molecular complexity index is 2300.